The van der Waals surface area contributed by atoms with Gasteiger partial charge >= 0.3 is 0 Å². The first kappa shape index (κ1) is 12.9. The summed E-state index contributed by atoms with van der Waals surface area (Å²) in [5.74, 6) is -0.241. The second-order valence-electron chi connectivity index (χ2n) is 4.87. The van der Waals surface area contributed by atoms with Crippen LogP contribution in [-0.2, 0) is 11.2 Å². The summed E-state index contributed by atoms with van der Waals surface area (Å²) >= 11 is 0. The Balaban J connectivity index is 2.21. The van der Waals surface area contributed by atoms with E-state index in [1.807, 2.05) is 6.92 Å². The number of nitrogens with one attached hydrogen (secondary N) is 2. The fraction of sp³-hybridized carbons (Fsp3) is 0.500. The topological polar surface area (TPSA) is 41.1 Å². The molecule has 0 fully saturated rings. The van der Waals surface area contributed by atoms with E-state index < -0.39 is 0 Å². The van der Waals surface area contributed by atoms with E-state index in [0.29, 0.717) is 18.5 Å². The van der Waals surface area contributed by atoms with Crippen LogP contribution in [-0.4, -0.2) is 11.9 Å². The van der Waals surface area contributed by atoms with Crippen LogP contribution in [0.3, 0.4) is 0 Å². The maximum Gasteiger partial charge on any atom is 0.224 e. The Bertz CT molecular complexity index is 459. The molecule has 18 heavy (non-hydrogen) atoms. The van der Waals surface area contributed by atoms with Crippen molar-refractivity contribution in [2.45, 2.75) is 45.6 Å². The average molecular weight is 250 g/mol. The van der Waals surface area contributed by atoms with Crippen molar-refractivity contribution in [1.29, 1.82) is 0 Å². The van der Waals surface area contributed by atoms with Crippen LogP contribution in [0.15, 0.2) is 12.1 Å². The molecule has 0 aromatic heterocycles. The molecule has 4 heteroatoms. The van der Waals surface area contributed by atoms with Crippen LogP contribution in [0, 0.1) is 5.82 Å². The molecule has 0 saturated heterocycles. The maximum absolute atomic E-state index is 13.9. The number of hydrogen-bond donors (Lipinski definition) is 2. The minimum Gasteiger partial charge on any atom is -0.380 e. The number of aryl methyl sites for hydroxylation is 1. The van der Waals surface area contributed by atoms with Crippen molar-refractivity contribution in [3.63, 3.8) is 0 Å². The molecular formula is C14H19FN2O. The van der Waals surface area contributed by atoms with Gasteiger partial charge < -0.3 is 10.6 Å². The first-order valence-electron chi connectivity index (χ1n) is 6.49. The van der Waals surface area contributed by atoms with Gasteiger partial charge in [-0.25, -0.2) is 4.39 Å². The normalized spacial score (nSPS) is 15.8. The van der Waals surface area contributed by atoms with Gasteiger partial charge in [-0.05, 0) is 37.5 Å². The summed E-state index contributed by atoms with van der Waals surface area (Å²) in [4.78, 5) is 11.3. The molecule has 0 saturated carbocycles. The van der Waals surface area contributed by atoms with Crippen molar-refractivity contribution in [3.05, 3.63) is 23.5 Å². The van der Waals surface area contributed by atoms with Crippen molar-refractivity contribution >= 4 is 17.3 Å². The van der Waals surface area contributed by atoms with Gasteiger partial charge in [0, 0.05) is 18.2 Å². The molecular weight excluding hydrogens is 231 g/mol. The lowest BCUT2D eigenvalue weighted by atomic mass is 10.0. The molecule has 98 valence electrons. The maximum atomic E-state index is 13.9. The van der Waals surface area contributed by atoms with Crippen LogP contribution in [0.1, 0.15) is 38.7 Å². The summed E-state index contributed by atoms with van der Waals surface area (Å²) in [6.45, 7) is 4.13. The van der Waals surface area contributed by atoms with Gasteiger partial charge in [-0.1, -0.05) is 13.3 Å². The van der Waals surface area contributed by atoms with Crippen molar-refractivity contribution in [1.82, 2.24) is 0 Å². The quantitative estimate of drug-likeness (QED) is 0.860. The highest BCUT2D eigenvalue weighted by Gasteiger charge is 2.18. The minimum atomic E-state index is -0.243. The highest BCUT2D eigenvalue weighted by Crippen LogP contribution is 2.29. The molecule has 1 aromatic carbocycles. The number of benzene rings is 1. The predicted molar refractivity (Wildman–Crippen MR) is 71.3 cm³/mol. The van der Waals surface area contributed by atoms with Crippen molar-refractivity contribution in [3.8, 4) is 0 Å². The molecule has 0 radical (unpaired) electrons. The molecule has 2 N–H and O–H groups in total. The highest BCUT2D eigenvalue weighted by molar-refractivity contribution is 5.94. The standard InChI is InChI=1S/C14H19FN2O/c1-3-4-9(2)16-13-8-12-10(7-11(13)15)5-6-14(18)17-12/h7-9,16H,3-6H2,1-2H3,(H,17,18). The van der Waals surface area contributed by atoms with Gasteiger partial charge in [-0.3, -0.25) is 4.79 Å². The van der Waals surface area contributed by atoms with Crippen LogP contribution in [0.4, 0.5) is 15.8 Å². The molecule has 0 aliphatic carbocycles. The zero-order valence-electron chi connectivity index (χ0n) is 10.8. The minimum absolute atomic E-state index is 0.00154. The lowest BCUT2D eigenvalue weighted by Crippen LogP contribution is -2.21. The molecule has 1 heterocycles. The largest absolute Gasteiger partial charge is 0.380 e. The van der Waals surface area contributed by atoms with Gasteiger partial charge in [0.05, 0.1) is 5.69 Å². The monoisotopic (exact) mass is 250 g/mol. The van der Waals surface area contributed by atoms with Crippen molar-refractivity contribution in [2.24, 2.45) is 0 Å². The van der Waals surface area contributed by atoms with Gasteiger partial charge in [0.2, 0.25) is 5.91 Å². The third-order valence-electron chi connectivity index (χ3n) is 3.21. The highest BCUT2D eigenvalue weighted by atomic mass is 19.1. The van der Waals surface area contributed by atoms with E-state index in [2.05, 4.69) is 17.6 Å². The molecule has 1 amide bonds. The lowest BCUT2D eigenvalue weighted by Gasteiger charge is -2.20. The Morgan fingerprint density at radius 2 is 2.22 bits per heavy atom. The van der Waals surface area contributed by atoms with Crippen LogP contribution >= 0.6 is 0 Å². The molecule has 1 aromatic rings. The predicted octanol–water partition coefficient (Wildman–Crippen LogP) is 3.31. The number of anilines is 2. The molecule has 1 aliphatic rings. The second kappa shape index (κ2) is 5.38. The summed E-state index contributed by atoms with van der Waals surface area (Å²) in [6.07, 6.45) is 3.09. The Hall–Kier alpha value is -1.58. The van der Waals surface area contributed by atoms with E-state index in [1.165, 1.54) is 6.07 Å². The Morgan fingerprint density at radius 1 is 1.44 bits per heavy atom. The van der Waals surface area contributed by atoms with Crippen molar-refractivity contribution in [2.75, 3.05) is 10.6 Å². The number of amides is 1. The molecule has 0 bridgehead atoms. The number of halogens is 1. The van der Waals surface area contributed by atoms with Crippen molar-refractivity contribution < 1.29 is 9.18 Å². The summed E-state index contributed by atoms with van der Waals surface area (Å²) in [6, 6.07) is 3.45. The fourth-order valence-electron chi connectivity index (χ4n) is 2.28. The van der Waals surface area contributed by atoms with Gasteiger partial charge in [-0.15, -0.1) is 0 Å². The molecule has 2 rings (SSSR count). The third kappa shape index (κ3) is 2.81. The Morgan fingerprint density at radius 3 is 2.94 bits per heavy atom. The van der Waals surface area contributed by atoms with Crippen LogP contribution in [0.2, 0.25) is 0 Å². The van der Waals surface area contributed by atoms with Gasteiger partial charge in [0.15, 0.2) is 0 Å². The van der Waals surface area contributed by atoms with Gasteiger partial charge in [0.1, 0.15) is 5.82 Å². The lowest BCUT2D eigenvalue weighted by molar-refractivity contribution is -0.116. The molecule has 1 unspecified atom stereocenters. The van der Waals surface area contributed by atoms with Crippen LogP contribution in [0.25, 0.3) is 0 Å². The van der Waals surface area contributed by atoms with Gasteiger partial charge in [-0.2, -0.15) is 0 Å². The van der Waals surface area contributed by atoms with E-state index in [1.54, 1.807) is 6.07 Å². The zero-order chi connectivity index (χ0) is 13.1. The van der Waals surface area contributed by atoms with E-state index in [-0.39, 0.29) is 17.8 Å². The number of carbonyl (C=O) groups is 1. The summed E-state index contributed by atoms with van der Waals surface area (Å²) < 4.78 is 13.9. The third-order valence-corrected chi connectivity index (χ3v) is 3.21. The SMILES string of the molecule is CCCC(C)Nc1cc2c(cc1F)CCC(=O)N2. The van der Waals surface area contributed by atoms with E-state index in [0.717, 1.165) is 24.1 Å². The summed E-state index contributed by atoms with van der Waals surface area (Å²) in [5, 5.41) is 5.94. The average Bonchev–Trinajstić information content (AvgIpc) is 2.31. The Kier molecular flexibility index (Phi) is 3.84. The summed E-state index contributed by atoms with van der Waals surface area (Å²) in [5.41, 5.74) is 2.08. The van der Waals surface area contributed by atoms with Crippen LogP contribution in [0.5, 0.6) is 0 Å². The number of fused-ring (bicyclic) bond motifs is 1. The van der Waals surface area contributed by atoms with E-state index in [4.69, 9.17) is 0 Å². The Labute approximate surface area is 107 Å². The van der Waals surface area contributed by atoms with Gasteiger partial charge in [0.25, 0.3) is 0 Å². The molecule has 0 spiro atoms. The van der Waals surface area contributed by atoms with E-state index in [9.17, 15) is 9.18 Å². The molecule has 1 atom stereocenters. The number of hydrogen-bond acceptors (Lipinski definition) is 2. The second-order valence-corrected chi connectivity index (χ2v) is 4.87. The fourth-order valence-corrected chi connectivity index (χ4v) is 2.28. The number of rotatable bonds is 4. The zero-order valence-corrected chi connectivity index (χ0v) is 10.8. The first-order chi connectivity index (χ1) is 8.60. The van der Waals surface area contributed by atoms with Crippen LogP contribution < -0.4 is 10.6 Å². The number of carbonyl (C=O) groups excluding carboxylic acids is 1. The van der Waals surface area contributed by atoms with E-state index >= 15 is 0 Å². The molecule has 3 nitrogen and oxygen atoms in total. The molecule has 1 aliphatic heterocycles. The summed E-state index contributed by atoms with van der Waals surface area (Å²) in [7, 11) is 0. The smallest absolute Gasteiger partial charge is 0.224 e. The first-order valence-corrected chi connectivity index (χ1v) is 6.49.